The number of benzene rings is 1. The molecule has 0 aliphatic carbocycles. The van der Waals surface area contributed by atoms with Crippen molar-refractivity contribution in [2.45, 2.75) is 19.3 Å². The minimum atomic E-state index is -0.00279. The van der Waals surface area contributed by atoms with Crippen LogP contribution in [0.15, 0.2) is 18.2 Å². The lowest BCUT2D eigenvalue weighted by atomic mass is 10.1. The molecule has 1 aromatic rings. The van der Waals surface area contributed by atoms with E-state index in [4.69, 9.17) is 0 Å². The van der Waals surface area contributed by atoms with E-state index in [9.17, 15) is 9.59 Å². The lowest BCUT2D eigenvalue weighted by Crippen LogP contribution is -2.35. The molecule has 1 N–H and O–H groups in total. The summed E-state index contributed by atoms with van der Waals surface area (Å²) >= 11 is 0. The van der Waals surface area contributed by atoms with Crippen LogP contribution in [0.4, 0.5) is 5.69 Å². The van der Waals surface area contributed by atoms with Crippen LogP contribution in [0.5, 0.6) is 0 Å². The normalized spacial score (nSPS) is 17.7. The summed E-state index contributed by atoms with van der Waals surface area (Å²) in [6.07, 6.45) is 2.94. The zero-order chi connectivity index (χ0) is 14.8. The molecule has 0 bridgehead atoms. The highest BCUT2D eigenvalue weighted by Gasteiger charge is 2.21. The molecule has 2 aliphatic rings. The second-order valence-corrected chi connectivity index (χ2v) is 5.87. The monoisotopic (exact) mass is 287 g/mol. The predicted molar refractivity (Wildman–Crippen MR) is 81.4 cm³/mol. The van der Waals surface area contributed by atoms with Crippen molar-refractivity contribution in [3.8, 4) is 0 Å². The first kappa shape index (κ1) is 14.1. The Morgan fingerprint density at radius 3 is 2.86 bits per heavy atom. The van der Waals surface area contributed by atoms with E-state index in [2.05, 4.69) is 10.2 Å². The first-order valence-electron chi connectivity index (χ1n) is 7.54. The van der Waals surface area contributed by atoms with E-state index in [-0.39, 0.29) is 11.8 Å². The molecule has 3 rings (SSSR count). The number of carbonyl (C=O) groups excluding carboxylic acids is 2. The molecule has 21 heavy (non-hydrogen) atoms. The van der Waals surface area contributed by atoms with Crippen molar-refractivity contribution >= 4 is 17.5 Å². The number of carbonyl (C=O) groups is 2. The molecule has 5 heteroatoms. The summed E-state index contributed by atoms with van der Waals surface area (Å²) in [5.41, 5.74) is 2.38. The van der Waals surface area contributed by atoms with Crippen molar-refractivity contribution in [3.63, 3.8) is 0 Å². The van der Waals surface area contributed by atoms with Gasteiger partial charge in [-0.2, -0.15) is 0 Å². The molecule has 0 spiro atoms. The van der Waals surface area contributed by atoms with Gasteiger partial charge in [-0.1, -0.05) is 6.07 Å². The Hall–Kier alpha value is -1.88. The largest absolute Gasteiger partial charge is 0.340 e. The van der Waals surface area contributed by atoms with Gasteiger partial charge in [0.15, 0.2) is 0 Å². The topological polar surface area (TPSA) is 52.6 Å². The summed E-state index contributed by atoms with van der Waals surface area (Å²) in [6, 6.07) is 5.47. The van der Waals surface area contributed by atoms with E-state index >= 15 is 0 Å². The smallest absolute Gasteiger partial charge is 0.253 e. The van der Waals surface area contributed by atoms with E-state index in [1.165, 1.54) is 12.8 Å². The molecule has 2 aliphatic heterocycles. The van der Waals surface area contributed by atoms with Crippen molar-refractivity contribution in [1.29, 1.82) is 0 Å². The number of fused-ring (bicyclic) bond motifs is 1. The third kappa shape index (κ3) is 3.08. The van der Waals surface area contributed by atoms with Crippen LogP contribution in [0, 0.1) is 0 Å². The summed E-state index contributed by atoms with van der Waals surface area (Å²) in [4.78, 5) is 27.9. The molecule has 5 nitrogen and oxygen atoms in total. The Bertz CT molecular complexity index is 565. The number of rotatable bonds is 4. The van der Waals surface area contributed by atoms with Gasteiger partial charge in [0.05, 0.1) is 6.42 Å². The summed E-state index contributed by atoms with van der Waals surface area (Å²) < 4.78 is 0. The van der Waals surface area contributed by atoms with E-state index in [0.717, 1.165) is 37.4 Å². The van der Waals surface area contributed by atoms with Crippen molar-refractivity contribution < 1.29 is 9.59 Å². The van der Waals surface area contributed by atoms with E-state index in [1.807, 2.05) is 19.2 Å². The average Bonchev–Trinajstić information content (AvgIpc) is 3.10. The maximum absolute atomic E-state index is 12.4. The minimum absolute atomic E-state index is 0.00279. The number of anilines is 1. The lowest BCUT2D eigenvalue weighted by molar-refractivity contribution is -0.115. The molecule has 1 fully saturated rings. The van der Waals surface area contributed by atoms with Crippen LogP contribution in [0.2, 0.25) is 0 Å². The molecule has 0 saturated carbocycles. The molecule has 1 saturated heterocycles. The third-order valence-corrected chi connectivity index (χ3v) is 4.28. The van der Waals surface area contributed by atoms with E-state index in [0.29, 0.717) is 12.0 Å². The molecule has 2 amide bonds. The van der Waals surface area contributed by atoms with Gasteiger partial charge in [0.1, 0.15) is 0 Å². The minimum Gasteiger partial charge on any atom is -0.340 e. The number of nitrogens with one attached hydrogen (secondary N) is 1. The molecule has 1 aromatic carbocycles. The van der Waals surface area contributed by atoms with Crippen LogP contribution in [0.3, 0.4) is 0 Å². The molecule has 112 valence electrons. The van der Waals surface area contributed by atoms with Crippen LogP contribution in [0.25, 0.3) is 0 Å². The van der Waals surface area contributed by atoms with Crippen molar-refractivity contribution in [2.24, 2.45) is 0 Å². The molecule has 0 atom stereocenters. The van der Waals surface area contributed by atoms with E-state index < -0.39 is 0 Å². The van der Waals surface area contributed by atoms with Gasteiger partial charge in [0.25, 0.3) is 5.91 Å². The van der Waals surface area contributed by atoms with Crippen LogP contribution in [-0.4, -0.2) is 54.8 Å². The second kappa shape index (κ2) is 5.85. The fraction of sp³-hybridized carbons (Fsp3) is 0.500. The summed E-state index contributed by atoms with van der Waals surface area (Å²) in [6.45, 7) is 3.96. The quantitative estimate of drug-likeness (QED) is 0.909. The third-order valence-electron chi connectivity index (χ3n) is 4.28. The second-order valence-electron chi connectivity index (χ2n) is 5.87. The van der Waals surface area contributed by atoms with Crippen LogP contribution in [0.1, 0.15) is 28.8 Å². The molecule has 0 aromatic heterocycles. The molecule has 0 radical (unpaired) electrons. The zero-order valence-corrected chi connectivity index (χ0v) is 12.4. The Morgan fingerprint density at radius 1 is 1.33 bits per heavy atom. The average molecular weight is 287 g/mol. The number of hydrogen-bond donors (Lipinski definition) is 1. The SMILES string of the molecule is CN(CCN1CCCC1)C(=O)c1ccc2c(c1)NC(=O)C2. The standard InChI is InChI=1S/C16H21N3O2/c1-18(8-9-19-6-2-3-7-19)16(21)13-5-4-12-11-15(20)17-14(12)10-13/h4-5,10H,2-3,6-9,11H2,1H3,(H,17,20). The van der Waals surface area contributed by atoms with Gasteiger partial charge in [-0.05, 0) is 43.6 Å². The zero-order valence-electron chi connectivity index (χ0n) is 12.4. The Balaban J connectivity index is 1.61. The van der Waals surface area contributed by atoms with Crippen LogP contribution < -0.4 is 5.32 Å². The van der Waals surface area contributed by atoms with E-state index in [1.54, 1.807) is 11.0 Å². The van der Waals surface area contributed by atoms with Gasteiger partial charge >= 0.3 is 0 Å². The Labute approximate surface area is 124 Å². The lowest BCUT2D eigenvalue weighted by Gasteiger charge is -2.21. The van der Waals surface area contributed by atoms with Crippen molar-refractivity contribution in [1.82, 2.24) is 9.80 Å². The Morgan fingerprint density at radius 2 is 2.10 bits per heavy atom. The van der Waals surface area contributed by atoms with Gasteiger partial charge in [-0.15, -0.1) is 0 Å². The highest BCUT2D eigenvalue weighted by atomic mass is 16.2. The molecular formula is C16H21N3O2. The number of hydrogen-bond acceptors (Lipinski definition) is 3. The fourth-order valence-electron chi connectivity index (χ4n) is 2.97. The number of nitrogens with zero attached hydrogens (tertiary/aromatic N) is 2. The predicted octanol–water partition coefficient (Wildman–Crippen LogP) is 1.35. The molecular weight excluding hydrogens is 266 g/mol. The van der Waals surface area contributed by atoms with Crippen molar-refractivity contribution in [3.05, 3.63) is 29.3 Å². The maximum atomic E-state index is 12.4. The maximum Gasteiger partial charge on any atom is 0.253 e. The molecule has 0 unspecified atom stereocenters. The molecule has 2 heterocycles. The van der Waals surface area contributed by atoms with Gasteiger partial charge in [0.2, 0.25) is 5.91 Å². The first-order chi connectivity index (χ1) is 10.1. The fourth-order valence-corrected chi connectivity index (χ4v) is 2.97. The highest BCUT2D eigenvalue weighted by molar-refractivity contribution is 6.02. The van der Waals surface area contributed by atoms with Crippen LogP contribution in [-0.2, 0) is 11.2 Å². The summed E-state index contributed by atoms with van der Waals surface area (Å²) in [7, 11) is 1.84. The van der Waals surface area contributed by atoms with Gasteiger partial charge < -0.3 is 15.1 Å². The van der Waals surface area contributed by atoms with Gasteiger partial charge in [0, 0.05) is 31.4 Å². The van der Waals surface area contributed by atoms with Crippen LogP contribution >= 0.6 is 0 Å². The number of amides is 2. The highest BCUT2D eigenvalue weighted by Crippen LogP contribution is 2.24. The first-order valence-corrected chi connectivity index (χ1v) is 7.54. The van der Waals surface area contributed by atoms with Gasteiger partial charge in [-0.25, -0.2) is 0 Å². The van der Waals surface area contributed by atoms with Gasteiger partial charge in [-0.3, -0.25) is 9.59 Å². The number of likely N-dealkylation sites (N-methyl/N-ethyl adjacent to an activating group) is 1. The van der Waals surface area contributed by atoms with Crippen molar-refractivity contribution in [2.75, 3.05) is 38.5 Å². The Kier molecular flexibility index (Phi) is 3.92. The summed E-state index contributed by atoms with van der Waals surface area (Å²) in [5, 5.41) is 2.79. The summed E-state index contributed by atoms with van der Waals surface area (Å²) in [5.74, 6) is 0.00938. The number of likely N-dealkylation sites (tertiary alicyclic amines) is 1.